The van der Waals surface area contributed by atoms with E-state index in [0.717, 1.165) is 28.2 Å². The summed E-state index contributed by atoms with van der Waals surface area (Å²) in [5.41, 5.74) is 5.45. The van der Waals surface area contributed by atoms with Gasteiger partial charge >= 0.3 is 0 Å². The van der Waals surface area contributed by atoms with E-state index in [2.05, 4.69) is 59.0 Å². The van der Waals surface area contributed by atoms with Gasteiger partial charge in [-0.25, -0.2) is 0 Å². The van der Waals surface area contributed by atoms with Crippen LogP contribution in [0.2, 0.25) is 0 Å². The van der Waals surface area contributed by atoms with Gasteiger partial charge in [0, 0.05) is 15.6 Å². The number of amides is 1. The first-order valence-electron chi connectivity index (χ1n) is 10.6. The van der Waals surface area contributed by atoms with Gasteiger partial charge in [-0.15, -0.1) is 0 Å². The number of nitrogens with zero attached hydrogens (tertiary/aromatic N) is 2. The van der Waals surface area contributed by atoms with E-state index in [1.807, 2.05) is 77.7 Å². The summed E-state index contributed by atoms with van der Waals surface area (Å²) >= 11 is 2.31. The second-order valence-corrected chi connectivity index (χ2v) is 8.97. The molecule has 0 spiro atoms. The number of rotatable bonds is 3. The molecule has 3 nitrogen and oxygen atoms in total. The molecule has 0 aliphatic carbocycles. The molecule has 0 N–H and O–H groups in total. The first-order chi connectivity index (χ1) is 15.7. The third-order valence-electron chi connectivity index (χ3n) is 5.70. The zero-order valence-corrected chi connectivity index (χ0v) is 19.5. The van der Waals surface area contributed by atoms with Gasteiger partial charge in [0.05, 0.1) is 23.1 Å². The molecule has 1 atom stereocenters. The fourth-order valence-electron chi connectivity index (χ4n) is 4.13. The van der Waals surface area contributed by atoms with Crippen LogP contribution >= 0.6 is 22.6 Å². The molecule has 32 heavy (non-hydrogen) atoms. The first-order valence-corrected chi connectivity index (χ1v) is 11.6. The highest BCUT2D eigenvalue weighted by Gasteiger charge is 2.32. The topological polar surface area (TPSA) is 32.7 Å². The summed E-state index contributed by atoms with van der Waals surface area (Å²) < 4.78 is 1.18. The van der Waals surface area contributed by atoms with Gasteiger partial charge in [0.1, 0.15) is 0 Å². The van der Waals surface area contributed by atoms with Crippen molar-refractivity contribution in [2.45, 2.75) is 12.5 Å². The number of anilines is 1. The lowest BCUT2D eigenvalue weighted by Crippen LogP contribution is -2.35. The maximum absolute atomic E-state index is 13.9. The van der Waals surface area contributed by atoms with Crippen molar-refractivity contribution < 1.29 is 4.79 Å². The molecule has 4 aromatic carbocycles. The lowest BCUT2D eigenvalue weighted by Gasteiger charge is -2.32. The van der Waals surface area contributed by atoms with Gasteiger partial charge in [0.15, 0.2) is 0 Å². The summed E-state index contributed by atoms with van der Waals surface area (Å²) in [4.78, 5) is 20.8. The van der Waals surface area contributed by atoms with Crippen molar-refractivity contribution in [3.05, 3.63) is 129 Å². The molecule has 0 radical (unpaired) electrons. The number of fused-ring (bicyclic) bond motifs is 1. The second-order valence-electron chi connectivity index (χ2n) is 7.73. The zero-order chi connectivity index (χ0) is 21.9. The Balaban J connectivity index is 1.69. The summed E-state index contributed by atoms with van der Waals surface area (Å²) in [6.07, 6.45) is 0.623. The van der Waals surface area contributed by atoms with Crippen LogP contribution in [-0.4, -0.2) is 11.6 Å². The third kappa shape index (κ3) is 4.10. The molecule has 5 rings (SSSR count). The van der Waals surface area contributed by atoms with E-state index in [9.17, 15) is 4.79 Å². The van der Waals surface area contributed by atoms with Crippen LogP contribution in [0.25, 0.3) is 0 Å². The van der Waals surface area contributed by atoms with Crippen molar-refractivity contribution in [3.8, 4) is 0 Å². The summed E-state index contributed by atoms with van der Waals surface area (Å²) in [5, 5.41) is 0. The minimum atomic E-state index is -0.175. The Kier molecular flexibility index (Phi) is 5.86. The summed E-state index contributed by atoms with van der Waals surface area (Å²) in [7, 11) is 0. The van der Waals surface area contributed by atoms with Crippen LogP contribution in [-0.2, 0) is 0 Å². The minimum Gasteiger partial charge on any atom is -0.298 e. The standard InChI is InChI=1S/C28H21IN2O/c29-23-17-15-20(16-18-23)25-19-27(21-9-3-1-4-10-21)31(26-14-8-7-13-24(26)30-25)28(32)22-11-5-2-6-12-22/h1-18,27H,19H2. The van der Waals surface area contributed by atoms with Crippen LogP contribution in [0.1, 0.15) is 33.9 Å². The van der Waals surface area contributed by atoms with Crippen molar-refractivity contribution in [2.24, 2.45) is 4.99 Å². The van der Waals surface area contributed by atoms with Crippen molar-refractivity contribution in [1.82, 2.24) is 0 Å². The number of carbonyl (C=O) groups is 1. The fraction of sp³-hybridized carbons (Fsp3) is 0.0714. The van der Waals surface area contributed by atoms with Gasteiger partial charge in [-0.05, 0) is 70.1 Å². The van der Waals surface area contributed by atoms with Crippen LogP contribution in [0.15, 0.2) is 114 Å². The van der Waals surface area contributed by atoms with Gasteiger partial charge in [-0.2, -0.15) is 0 Å². The molecule has 1 heterocycles. The number of halogens is 1. The van der Waals surface area contributed by atoms with E-state index in [1.54, 1.807) is 0 Å². The largest absolute Gasteiger partial charge is 0.298 e. The molecule has 156 valence electrons. The molecular weight excluding hydrogens is 507 g/mol. The molecule has 0 fully saturated rings. The Labute approximate surface area is 201 Å². The Bertz CT molecular complexity index is 1270. The Morgan fingerprint density at radius 2 is 1.41 bits per heavy atom. The Morgan fingerprint density at radius 3 is 2.12 bits per heavy atom. The van der Waals surface area contributed by atoms with Gasteiger partial charge in [0.2, 0.25) is 0 Å². The molecule has 4 heteroatoms. The molecular formula is C28H21IN2O. The van der Waals surface area contributed by atoms with Crippen molar-refractivity contribution in [3.63, 3.8) is 0 Å². The van der Waals surface area contributed by atoms with Crippen molar-refractivity contribution in [1.29, 1.82) is 0 Å². The molecule has 1 unspecified atom stereocenters. The SMILES string of the molecule is O=C(c1ccccc1)N1c2ccccc2N=C(c2ccc(I)cc2)CC1c1ccccc1. The molecule has 1 amide bonds. The molecule has 0 aromatic heterocycles. The fourth-order valence-corrected chi connectivity index (χ4v) is 4.49. The number of aliphatic imine (C=N–C) groups is 1. The number of para-hydroxylation sites is 2. The number of carbonyl (C=O) groups excluding carboxylic acids is 1. The monoisotopic (exact) mass is 528 g/mol. The molecule has 0 saturated heterocycles. The van der Waals surface area contributed by atoms with Crippen LogP contribution in [0.5, 0.6) is 0 Å². The average Bonchev–Trinajstić information content (AvgIpc) is 3.02. The average molecular weight is 528 g/mol. The third-order valence-corrected chi connectivity index (χ3v) is 6.42. The van der Waals surface area contributed by atoms with E-state index in [1.165, 1.54) is 3.57 Å². The van der Waals surface area contributed by atoms with Gasteiger partial charge in [-0.1, -0.05) is 72.8 Å². The number of hydrogen-bond acceptors (Lipinski definition) is 2. The van der Waals surface area contributed by atoms with Crippen LogP contribution < -0.4 is 4.90 Å². The summed E-state index contributed by atoms with van der Waals surface area (Å²) in [6.45, 7) is 0. The summed E-state index contributed by atoms with van der Waals surface area (Å²) in [5.74, 6) is -0.0223. The van der Waals surface area contributed by atoms with E-state index in [-0.39, 0.29) is 11.9 Å². The second kappa shape index (κ2) is 9.09. The molecule has 0 bridgehead atoms. The highest BCUT2D eigenvalue weighted by molar-refractivity contribution is 14.1. The van der Waals surface area contributed by atoms with E-state index in [0.29, 0.717) is 12.0 Å². The predicted octanol–water partition coefficient (Wildman–Crippen LogP) is 7.20. The van der Waals surface area contributed by atoms with Gasteiger partial charge in [-0.3, -0.25) is 14.7 Å². The number of benzene rings is 4. The van der Waals surface area contributed by atoms with E-state index in [4.69, 9.17) is 4.99 Å². The molecule has 4 aromatic rings. The molecule has 1 aliphatic heterocycles. The lowest BCUT2D eigenvalue weighted by atomic mass is 9.95. The smallest absolute Gasteiger partial charge is 0.258 e. The zero-order valence-electron chi connectivity index (χ0n) is 17.4. The number of hydrogen-bond donors (Lipinski definition) is 0. The Hall–Kier alpha value is -3.25. The van der Waals surface area contributed by atoms with Gasteiger partial charge in [0.25, 0.3) is 5.91 Å². The molecule has 1 aliphatic rings. The van der Waals surface area contributed by atoms with Crippen LogP contribution in [0, 0.1) is 3.57 Å². The van der Waals surface area contributed by atoms with Crippen LogP contribution in [0.4, 0.5) is 11.4 Å². The highest BCUT2D eigenvalue weighted by Crippen LogP contribution is 2.41. The maximum Gasteiger partial charge on any atom is 0.258 e. The maximum atomic E-state index is 13.9. The van der Waals surface area contributed by atoms with Crippen LogP contribution in [0.3, 0.4) is 0 Å². The summed E-state index contributed by atoms with van der Waals surface area (Å²) in [6, 6.07) is 35.9. The van der Waals surface area contributed by atoms with E-state index >= 15 is 0 Å². The normalized spacial score (nSPS) is 15.5. The van der Waals surface area contributed by atoms with Crippen molar-refractivity contribution >= 4 is 45.6 Å². The predicted molar refractivity (Wildman–Crippen MR) is 139 cm³/mol. The van der Waals surface area contributed by atoms with Gasteiger partial charge < -0.3 is 0 Å². The minimum absolute atomic E-state index is 0.0223. The lowest BCUT2D eigenvalue weighted by molar-refractivity contribution is 0.0977. The quantitative estimate of drug-likeness (QED) is 0.259. The first kappa shape index (κ1) is 20.6. The highest BCUT2D eigenvalue weighted by atomic mass is 127. The van der Waals surface area contributed by atoms with E-state index < -0.39 is 0 Å². The van der Waals surface area contributed by atoms with Crippen molar-refractivity contribution in [2.75, 3.05) is 4.90 Å². The molecule has 0 saturated carbocycles. The Morgan fingerprint density at radius 1 is 0.781 bits per heavy atom.